The van der Waals surface area contributed by atoms with E-state index in [9.17, 15) is 0 Å². The Hall–Kier alpha value is -0.890. The fourth-order valence-electron chi connectivity index (χ4n) is 3.21. The summed E-state index contributed by atoms with van der Waals surface area (Å²) < 4.78 is 0. The minimum absolute atomic E-state index is 0.133. The second kappa shape index (κ2) is 5.18. The van der Waals surface area contributed by atoms with Gasteiger partial charge in [0.1, 0.15) is 0 Å². The normalized spacial score (nSPS) is 29.5. The minimum Gasteiger partial charge on any atom is -0.321 e. The van der Waals surface area contributed by atoms with Gasteiger partial charge in [-0.3, -0.25) is 4.98 Å². The highest BCUT2D eigenvalue weighted by molar-refractivity contribution is 5.21. The van der Waals surface area contributed by atoms with E-state index in [2.05, 4.69) is 24.9 Å². The summed E-state index contributed by atoms with van der Waals surface area (Å²) in [6.07, 6.45) is 9.89. The van der Waals surface area contributed by atoms with Gasteiger partial charge in [-0.2, -0.15) is 0 Å². The van der Waals surface area contributed by atoms with Crippen LogP contribution in [-0.2, 0) is 5.54 Å². The Kier molecular flexibility index (Phi) is 3.82. The van der Waals surface area contributed by atoms with E-state index < -0.39 is 0 Å². The van der Waals surface area contributed by atoms with Gasteiger partial charge in [-0.15, -0.1) is 0 Å². The fraction of sp³-hybridized carbons (Fsp3) is 0.667. The van der Waals surface area contributed by atoms with E-state index in [0.717, 1.165) is 24.7 Å². The SMILES string of the molecule is CC(C)CC1CCCC(N)(c2cccnc2)C1. The summed E-state index contributed by atoms with van der Waals surface area (Å²) in [4.78, 5) is 4.21. The molecule has 2 rings (SSSR count). The smallest absolute Gasteiger partial charge is 0.0427 e. The third-order valence-electron chi connectivity index (χ3n) is 3.93. The van der Waals surface area contributed by atoms with Gasteiger partial charge in [-0.1, -0.05) is 32.8 Å². The van der Waals surface area contributed by atoms with Crippen molar-refractivity contribution in [3.05, 3.63) is 30.1 Å². The first kappa shape index (κ1) is 12.6. The average molecular weight is 232 g/mol. The summed E-state index contributed by atoms with van der Waals surface area (Å²) in [5, 5.41) is 0. The number of hydrogen-bond donors (Lipinski definition) is 1. The van der Waals surface area contributed by atoms with Crippen LogP contribution < -0.4 is 5.73 Å². The van der Waals surface area contributed by atoms with E-state index in [1.165, 1.54) is 24.8 Å². The lowest BCUT2D eigenvalue weighted by molar-refractivity contribution is 0.202. The van der Waals surface area contributed by atoms with Crippen molar-refractivity contribution in [2.45, 2.75) is 51.5 Å². The second-order valence-electron chi connectivity index (χ2n) is 5.99. The zero-order valence-corrected chi connectivity index (χ0v) is 11.0. The molecule has 0 saturated heterocycles. The van der Waals surface area contributed by atoms with Crippen LogP contribution in [0.1, 0.15) is 51.5 Å². The van der Waals surface area contributed by atoms with Gasteiger partial charge in [-0.25, -0.2) is 0 Å². The molecule has 0 spiro atoms. The lowest BCUT2D eigenvalue weighted by Crippen LogP contribution is -2.41. The van der Waals surface area contributed by atoms with Crippen molar-refractivity contribution < 1.29 is 0 Å². The number of rotatable bonds is 3. The summed E-state index contributed by atoms with van der Waals surface area (Å²) in [6.45, 7) is 4.60. The molecule has 2 N–H and O–H groups in total. The van der Waals surface area contributed by atoms with Crippen molar-refractivity contribution >= 4 is 0 Å². The first-order valence-corrected chi connectivity index (χ1v) is 6.79. The lowest BCUT2D eigenvalue weighted by atomic mass is 9.71. The summed E-state index contributed by atoms with van der Waals surface area (Å²) in [5.41, 5.74) is 7.69. The van der Waals surface area contributed by atoms with Crippen molar-refractivity contribution in [3.8, 4) is 0 Å². The molecule has 1 aliphatic rings. The molecule has 1 heterocycles. The van der Waals surface area contributed by atoms with Crippen LogP contribution in [0.15, 0.2) is 24.5 Å². The molecule has 1 aromatic heterocycles. The maximum atomic E-state index is 6.61. The topological polar surface area (TPSA) is 38.9 Å². The van der Waals surface area contributed by atoms with Crippen LogP contribution in [0.4, 0.5) is 0 Å². The third-order valence-corrected chi connectivity index (χ3v) is 3.93. The number of aromatic nitrogens is 1. The Morgan fingerprint density at radius 3 is 3.00 bits per heavy atom. The molecule has 0 amide bonds. The number of nitrogens with two attached hydrogens (primary N) is 1. The van der Waals surface area contributed by atoms with Gasteiger partial charge in [-0.05, 0) is 42.7 Å². The zero-order valence-electron chi connectivity index (χ0n) is 11.0. The van der Waals surface area contributed by atoms with Crippen LogP contribution in [0, 0.1) is 11.8 Å². The van der Waals surface area contributed by atoms with Gasteiger partial charge < -0.3 is 5.73 Å². The van der Waals surface area contributed by atoms with Gasteiger partial charge in [0.15, 0.2) is 0 Å². The van der Waals surface area contributed by atoms with Gasteiger partial charge in [0.05, 0.1) is 0 Å². The summed E-state index contributed by atoms with van der Waals surface area (Å²) in [7, 11) is 0. The van der Waals surface area contributed by atoms with E-state index in [1.807, 2.05) is 18.5 Å². The number of nitrogens with zero attached hydrogens (tertiary/aromatic N) is 1. The molecular formula is C15H24N2. The summed E-state index contributed by atoms with van der Waals surface area (Å²) in [5.74, 6) is 1.56. The molecule has 2 atom stereocenters. The Bertz CT molecular complexity index is 347. The Morgan fingerprint density at radius 1 is 1.53 bits per heavy atom. The molecule has 0 bridgehead atoms. The van der Waals surface area contributed by atoms with E-state index in [-0.39, 0.29) is 5.54 Å². The lowest BCUT2D eigenvalue weighted by Gasteiger charge is -2.39. The highest BCUT2D eigenvalue weighted by atomic mass is 14.8. The van der Waals surface area contributed by atoms with Crippen molar-refractivity contribution in [1.82, 2.24) is 4.98 Å². The monoisotopic (exact) mass is 232 g/mol. The van der Waals surface area contributed by atoms with E-state index >= 15 is 0 Å². The Labute approximate surface area is 105 Å². The number of pyridine rings is 1. The van der Waals surface area contributed by atoms with Crippen molar-refractivity contribution in [3.63, 3.8) is 0 Å². The highest BCUT2D eigenvalue weighted by Crippen LogP contribution is 2.39. The highest BCUT2D eigenvalue weighted by Gasteiger charge is 2.34. The second-order valence-corrected chi connectivity index (χ2v) is 5.99. The van der Waals surface area contributed by atoms with E-state index in [1.54, 1.807) is 0 Å². The molecule has 2 unspecified atom stereocenters. The van der Waals surface area contributed by atoms with E-state index in [4.69, 9.17) is 5.73 Å². The molecule has 1 fully saturated rings. The largest absolute Gasteiger partial charge is 0.321 e. The standard InChI is InChI=1S/C15H24N2/c1-12(2)9-13-5-3-7-15(16,10-13)14-6-4-8-17-11-14/h4,6,8,11-13H,3,5,7,9-10,16H2,1-2H3. The van der Waals surface area contributed by atoms with E-state index in [0.29, 0.717) is 0 Å². The molecule has 0 aromatic carbocycles. The van der Waals surface area contributed by atoms with Gasteiger partial charge in [0.2, 0.25) is 0 Å². The first-order chi connectivity index (χ1) is 8.10. The van der Waals surface area contributed by atoms with Crippen LogP contribution in [-0.4, -0.2) is 4.98 Å². The summed E-state index contributed by atoms with van der Waals surface area (Å²) >= 11 is 0. The molecule has 0 radical (unpaired) electrons. The predicted octanol–water partition coefficient (Wildman–Crippen LogP) is 3.47. The maximum absolute atomic E-state index is 6.61. The van der Waals surface area contributed by atoms with Gasteiger partial charge >= 0.3 is 0 Å². The Balaban J connectivity index is 2.10. The third kappa shape index (κ3) is 3.06. The molecule has 17 heavy (non-hydrogen) atoms. The van der Waals surface area contributed by atoms with Crippen LogP contribution >= 0.6 is 0 Å². The van der Waals surface area contributed by atoms with Crippen LogP contribution in [0.25, 0.3) is 0 Å². The molecule has 2 nitrogen and oxygen atoms in total. The molecule has 1 saturated carbocycles. The maximum Gasteiger partial charge on any atom is 0.0427 e. The van der Waals surface area contributed by atoms with Crippen LogP contribution in [0.2, 0.25) is 0 Å². The quantitative estimate of drug-likeness (QED) is 0.866. The van der Waals surface area contributed by atoms with Crippen LogP contribution in [0.3, 0.4) is 0 Å². The first-order valence-electron chi connectivity index (χ1n) is 6.79. The van der Waals surface area contributed by atoms with Crippen molar-refractivity contribution in [2.75, 3.05) is 0 Å². The molecule has 2 heteroatoms. The predicted molar refractivity (Wildman–Crippen MR) is 71.5 cm³/mol. The van der Waals surface area contributed by atoms with Gasteiger partial charge in [0, 0.05) is 17.9 Å². The molecule has 94 valence electrons. The molecule has 1 aliphatic carbocycles. The van der Waals surface area contributed by atoms with Gasteiger partial charge in [0.25, 0.3) is 0 Å². The molecular weight excluding hydrogens is 208 g/mol. The van der Waals surface area contributed by atoms with Crippen molar-refractivity contribution in [2.24, 2.45) is 17.6 Å². The minimum atomic E-state index is -0.133. The average Bonchev–Trinajstić information content (AvgIpc) is 2.29. The fourth-order valence-corrected chi connectivity index (χ4v) is 3.21. The van der Waals surface area contributed by atoms with Crippen LogP contribution in [0.5, 0.6) is 0 Å². The van der Waals surface area contributed by atoms with Crippen molar-refractivity contribution in [1.29, 1.82) is 0 Å². The number of hydrogen-bond acceptors (Lipinski definition) is 2. The molecule has 1 aromatic rings. The Morgan fingerprint density at radius 2 is 2.35 bits per heavy atom. The molecule has 0 aliphatic heterocycles. The zero-order chi connectivity index (χ0) is 12.3. The summed E-state index contributed by atoms with van der Waals surface area (Å²) in [6, 6.07) is 4.13.